The Balaban J connectivity index is 1.27. The summed E-state index contributed by atoms with van der Waals surface area (Å²) in [6.07, 6.45) is 3.16. The van der Waals surface area contributed by atoms with Crippen LogP contribution >= 0.6 is 0 Å². The minimum Gasteiger partial charge on any atom is -0.480 e. The van der Waals surface area contributed by atoms with Gasteiger partial charge in [-0.2, -0.15) is 5.10 Å². The maximum atomic E-state index is 12.8. The molecule has 1 fully saturated rings. The first-order chi connectivity index (χ1) is 16.9. The molecule has 5 rings (SSSR count). The van der Waals surface area contributed by atoms with Gasteiger partial charge in [0.2, 0.25) is 0 Å². The number of hydrogen-bond acceptors (Lipinski definition) is 5. The lowest BCUT2D eigenvalue weighted by molar-refractivity contribution is -0.141. The van der Waals surface area contributed by atoms with Crippen molar-refractivity contribution in [3.63, 3.8) is 0 Å². The number of carboxylic acid groups (broad SMARTS) is 1. The first kappa shape index (κ1) is 22.6. The van der Waals surface area contributed by atoms with Crippen molar-refractivity contribution < 1.29 is 24.2 Å². The predicted molar refractivity (Wildman–Crippen MR) is 128 cm³/mol. The zero-order valence-corrected chi connectivity index (χ0v) is 19.2. The van der Waals surface area contributed by atoms with Crippen LogP contribution in [0.25, 0.3) is 11.1 Å². The Morgan fingerprint density at radius 2 is 1.71 bits per heavy atom. The monoisotopic (exact) mass is 474 g/mol. The van der Waals surface area contributed by atoms with Gasteiger partial charge in [-0.3, -0.25) is 14.8 Å². The topological polar surface area (TPSA) is 123 Å². The molecule has 1 atom stereocenters. The number of nitrogens with one attached hydrogen (secondary N) is 2. The van der Waals surface area contributed by atoms with Crippen LogP contribution in [0.2, 0.25) is 0 Å². The van der Waals surface area contributed by atoms with Crippen LogP contribution in [0.15, 0.2) is 54.7 Å². The van der Waals surface area contributed by atoms with E-state index >= 15 is 0 Å². The van der Waals surface area contributed by atoms with Crippen LogP contribution in [0.3, 0.4) is 0 Å². The molecule has 1 saturated carbocycles. The van der Waals surface area contributed by atoms with Crippen molar-refractivity contribution >= 4 is 23.8 Å². The van der Waals surface area contributed by atoms with Gasteiger partial charge in [0.1, 0.15) is 18.2 Å². The van der Waals surface area contributed by atoms with E-state index in [-0.39, 0.29) is 29.8 Å². The quantitative estimate of drug-likeness (QED) is 0.479. The third kappa shape index (κ3) is 4.37. The summed E-state index contributed by atoms with van der Waals surface area (Å²) in [5.41, 5.74) is 4.51. The van der Waals surface area contributed by atoms with Crippen LogP contribution in [-0.4, -0.2) is 45.5 Å². The molecule has 9 heteroatoms. The van der Waals surface area contributed by atoms with E-state index in [1.807, 2.05) is 36.4 Å². The molecule has 9 nitrogen and oxygen atoms in total. The Kier molecular flexibility index (Phi) is 5.98. The summed E-state index contributed by atoms with van der Waals surface area (Å²) in [5.74, 6) is -1.85. The molecule has 2 amide bonds. The van der Waals surface area contributed by atoms with Gasteiger partial charge < -0.3 is 15.2 Å². The van der Waals surface area contributed by atoms with Crippen LogP contribution in [0.1, 0.15) is 46.7 Å². The molecule has 2 aromatic carbocycles. The fraction of sp³-hybridized carbons (Fsp3) is 0.308. The van der Waals surface area contributed by atoms with Crippen molar-refractivity contribution in [1.29, 1.82) is 0 Å². The van der Waals surface area contributed by atoms with E-state index in [1.165, 1.54) is 10.9 Å². The number of rotatable bonds is 7. The lowest BCUT2D eigenvalue weighted by Gasteiger charge is -2.31. The van der Waals surface area contributed by atoms with Gasteiger partial charge in [0.15, 0.2) is 5.82 Å². The second-order valence-corrected chi connectivity index (χ2v) is 9.00. The van der Waals surface area contributed by atoms with Gasteiger partial charge in [0.05, 0.1) is 0 Å². The first-order valence-corrected chi connectivity index (χ1v) is 11.6. The molecule has 0 radical (unpaired) electrons. The summed E-state index contributed by atoms with van der Waals surface area (Å²) < 4.78 is 6.93. The van der Waals surface area contributed by atoms with Gasteiger partial charge in [-0.05, 0) is 41.0 Å². The van der Waals surface area contributed by atoms with Crippen molar-refractivity contribution in [1.82, 2.24) is 15.1 Å². The van der Waals surface area contributed by atoms with E-state index in [9.17, 15) is 19.5 Å². The Labute approximate surface area is 202 Å². The number of carbonyl (C=O) groups excluding carboxylic acids is 2. The standard InChI is InChI=1S/C26H26N4O5/c1-30-13-20(24(31)27-22(25(32)33)15-7-6-8-15)23(29-30)28-26(34)35-14-21-18-11-4-2-9-16(18)17-10-3-5-12-19(17)21/h2-5,9-13,15,21-22H,6-8,14H2,1H3,(H,27,31)(H,32,33)(H,28,29,34). The SMILES string of the molecule is Cn1cc(C(=O)NC(C(=O)O)C2CCC2)c(NC(=O)OCC2c3ccccc3-c3ccccc32)n1. The number of anilines is 1. The molecule has 0 aliphatic heterocycles. The summed E-state index contributed by atoms with van der Waals surface area (Å²) >= 11 is 0. The molecule has 3 aromatic rings. The van der Waals surface area contributed by atoms with E-state index in [0.717, 1.165) is 41.5 Å². The zero-order chi connectivity index (χ0) is 24.5. The number of nitrogens with zero attached hydrogens (tertiary/aromatic N) is 2. The number of benzene rings is 2. The molecule has 2 aliphatic rings. The molecular formula is C26H26N4O5. The minimum absolute atomic E-state index is 0.0139. The summed E-state index contributed by atoms with van der Waals surface area (Å²) in [6, 6.07) is 15.1. The Morgan fingerprint density at radius 3 is 2.29 bits per heavy atom. The molecule has 1 unspecified atom stereocenters. The summed E-state index contributed by atoms with van der Waals surface area (Å²) in [6.45, 7) is 0.122. The van der Waals surface area contributed by atoms with Crippen molar-refractivity contribution in [2.24, 2.45) is 13.0 Å². The number of ether oxygens (including phenoxy) is 1. The van der Waals surface area contributed by atoms with Crippen LogP contribution in [0.5, 0.6) is 0 Å². The molecular weight excluding hydrogens is 448 g/mol. The van der Waals surface area contributed by atoms with E-state index in [0.29, 0.717) is 0 Å². The highest BCUT2D eigenvalue weighted by molar-refractivity contribution is 6.02. The summed E-state index contributed by atoms with van der Waals surface area (Å²) in [4.78, 5) is 37.1. The summed E-state index contributed by atoms with van der Waals surface area (Å²) in [5, 5.41) is 18.8. The third-order valence-corrected chi connectivity index (χ3v) is 6.81. The number of carboxylic acids is 1. The van der Waals surface area contributed by atoms with E-state index < -0.39 is 24.0 Å². The van der Waals surface area contributed by atoms with Gasteiger partial charge in [-0.1, -0.05) is 55.0 Å². The maximum Gasteiger partial charge on any atom is 0.412 e. The highest BCUT2D eigenvalue weighted by atomic mass is 16.5. The van der Waals surface area contributed by atoms with Crippen molar-refractivity contribution in [2.45, 2.75) is 31.2 Å². The zero-order valence-electron chi connectivity index (χ0n) is 19.2. The van der Waals surface area contributed by atoms with E-state index in [2.05, 4.69) is 27.9 Å². The van der Waals surface area contributed by atoms with Crippen molar-refractivity contribution in [2.75, 3.05) is 11.9 Å². The van der Waals surface area contributed by atoms with E-state index in [1.54, 1.807) is 7.05 Å². The normalized spacial score (nSPS) is 15.5. The maximum absolute atomic E-state index is 12.8. The molecule has 1 heterocycles. The summed E-state index contributed by atoms with van der Waals surface area (Å²) in [7, 11) is 1.61. The smallest absolute Gasteiger partial charge is 0.412 e. The molecule has 2 aliphatic carbocycles. The van der Waals surface area contributed by atoms with Crippen LogP contribution in [0, 0.1) is 5.92 Å². The largest absolute Gasteiger partial charge is 0.480 e. The number of amides is 2. The van der Waals surface area contributed by atoms with Gasteiger partial charge in [-0.15, -0.1) is 0 Å². The second kappa shape index (κ2) is 9.25. The Hall–Kier alpha value is -4.14. The second-order valence-electron chi connectivity index (χ2n) is 9.00. The van der Waals surface area contributed by atoms with Crippen molar-refractivity contribution in [3.05, 3.63) is 71.4 Å². The van der Waals surface area contributed by atoms with Crippen LogP contribution < -0.4 is 10.6 Å². The first-order valence-electron chi connectivity index (χ1n) is 11.6. The average Bonchev–Trinajstić information content (AvgIpc) is 3.33. The fourth-order valence-electron chi connectivity index (χ4n) is 4.85. The number of aromatic nitrogens is 2. The van der Waals surface area contributed by atoms with Crippen molar-refractivity contribution in [3.8, 4) is 11.1 Å². The van der Waals surface area contributed by atoms with Gasteiger partial charge in [-0.25, -0.2) is 9.59 Å². The highest BCUT2D eigenvalue weighted by Crippen LogP contribution is 2.44. The number of fused-ring (bicyclic) bond motifs is 3. The van der Waals surface area contributed by atoms with Crippen LogP contribution in [-0.2, 0) is 16.6 Å². The number of carbonyl (C=O) groups is 3. The fourth-order valence-corrected chi connectivity index (χ4v) is 4.85. The Bertz CT molecular complexity index is 1250. The number of aliphatic carboxylic acids is 1. The molecule has 1 aromatic heterocycles. The van der Waals surface area contributed by atoms with Gasteiger partial charge in [0.25, 0.3) is 5.91 Å². The lowest BCUT2D eigenvalue weighted by Crippen LogP contribution is -2.48. The van der Waals surface area contributed by atoms with E-state index in [4.69, 9.17) is 4.74 Å². The van der Waals surface area contributed by atoms with Crippen LogP contribution in [0.4, 0.5) is 10.6 Å². The Morgan fingerprint density at radius 1 is 1.09 bits per heavy atom. The number of hydrogen-bond donors (Lipinski definition) is 3. The molecule has 0 spiro atoms. The highest BCUT2D eigenvalue weighted by Gasteiger charge is 2.35. The number of aryl methyl sites for hydroxylation is 1. The van der Waals surface area contributed by atoms with Gasteiger partial charge >= 0.3 is 12.1 Å². The average molecular weight is 475 g/mol. The third-order valence-electron chi connectivity index (χ3n) is 6.81. The molecule has 0 saturated heterocycles. The lowest BCUT2D eigenvalue weighted by atomic mass is 9.79. The van der Waals surface area contributed by atoms with Gasteiger partial charge in [0, 0.05) is 19.2 Å². The molecule has 35 heavy (non-hydrogen) atoms. The molecule has 3 N–H and O–H groups in total. The molecule has 0 bridgehead atoms. The molecule has 180 valence electrons. The minimum atomic E-state index is -1.07. The predicted octanol–water partition coefficient (Wildman–Crippen LogP) is 3.76.